The second kappa shape index (κ2) is 6.68. The summed E-state index contributed by atoms with van der Waals surface area (Å²) in [5.74, 6) is 1.55. The molecule has 0 aliphatic carbocycles. The van der Waals surface area contributed by atoms with Crippen molar-refractivity contribution in [3.8, 4) is 11.4 Å². The highest BCUT2D eigenvalue weighted by molar-refractivity contribution is 7.22. The Kier molecular flexibility index (Phi) is 4.01. The number of fused-ring (bicyclic) bond motifs is 2. The number of benzene rings is 1. The maximum Gasteiger partial charge on any atom is 0.254 e. The zero-order valence-corrected chi connectivity index (χ0v) is 15.8. The molecule has 0 bridgehead atoms. The Morgan fingerprint density at radius 3 is 2.93 bits per heavy atom. The van der Waals surface area contributed by atoms with Crippen LogP contribution in [0.3, 0.4) is 0 Å². The number of nitrogen functional groups attached to an aromatic ring is 1. The highest BCUT2D eigenvalue weighted by Crippen LogP contribution is 2.25. The lowest BCUT2D eigenvalue weighted by atomic mass is 10.2. The van der Waals surface area contributed by atoms with Crippen LogP contribution in [0.1, 0.15) is 16.2 Å². The fourth-order valence-corrected chi connectivity index (χ4v) is 4.10. The number of rotatable bonds is 2. The average Bonchev–Trinajstić information content (AvgIpc) is 3.24. The second-order valence-electron chi connectivity index (χ2n) is 6.59. The number of hydrogen-bond donors (Lipinski definition) is 1. The van der Waals surface area contributed by atoms with E-state index in [0.29, 0.717) is 42.6 Å². The van der Waals surface area contributed by atoms with Gasteiger partial charge in [-0.3, -0.25) is 9.78 Å². The molecule has 0 saturated carbocycles. The van der Waals surface area contributed by atoms with Gasteiger partial charge in [0.05, 0.1) is 16.8 Å². The van der Waals surface area contributed by atoms with Gasteiger partial charge in [-0.2, -0.15) is 5.10 Å². The minimum Gasteiger partial charge on any atom is -0.375 e. The Labute approximate surface area is 164 Å². The minimum atomic E-state index is -0.00768. The van der Waals surface area contributed by atoms with Crippen molar-refractivity contribution in [1.82, 2.24) is 29.6 Å². The summed E-state index contributed by atoms with van der Waals surface area (Å²) in [6.45, 7) is 1.79. The fourth-order valence-electron chi connectivity index (χ4n) is 3.38. The van der Waals surface area contributed by atoms with Crippen LogP contribution in [0.15, 0.2) is 42.7 Å². The van der Waals surface area contributed by atoms with Gasteiger partial charge in [-0.1, -0.05) is 11.3 Å². The van der Waals surface area contributed by atoms with E-state index in [0.717, 1.165) is 21.6 Å². The van der Waals surface area contributed by atoms with Gasteiger partial charge >= 0.3 is 0 Å². The van der Waals surface area contributed by atoms with Gasteiger partial charge in [-0.25, -0.2) is 14.6 Å². The fraction of sp³-hybridized carbons (Fsp3) is 0.211. The molecule has 9 heteroatoms. The molecule has 8 nitrogen and oxygen atoms in total. The summed E-state index contributed by atoms with van der Waals surface area (Å²) in [5, 5.41) is 5.11. The lowest BCUT2D eigenvalue weighted by Crippen LogP contribution is -2.33. The first-order valence-electron chi connectivity index (χ1n) is 8.97. The monoisotopic (exact) mass is 391 g/mol. The van der Waals surface area contributed by atoms with E-state index in [4.69, 9.17) is 5.73 Å². The predicted octanol–water partition coefficient (Wildman–Crippen LogP) is 2.23. The van der Waals surface area contributed by atoms with E-state index in [1.807, 2.05) is 39.9 Å². The Morgan fingerprint density at radius 2 is 2.07 bits per heavy atom. The van der Waals surface area contributed by atoms with Crippen molar-refractivity contribution in [2.24, 2.45) is 0 Å². The van der Waals surface area contributed by atoms with Gasteiger partial charge in [0, 0.05) is 43.0 Å². The Bertz CT molecular complexity index is 1140. The van der Waals surface area contributed by atoms with E-state index >= 15 is 0 Å². The Hall–Kier alpha value is -3.33. The molecule has 4 aromatic rings. The Balaban J connectivity index is 1.35. The van der Waals surface area contributed by atoms with Crippen LogP contribution in [0.2, 0.25) is 0 Å². The molecule has 0 atom stereocenters. The number of carbonyl (C=O) groups is 1. The molecule has 28 heavy (non-hydrogen) atoms. The van der Waals surface area contributed by atoms with Crippen molar-refractivity contribution in [2.45, 2.75) is 13.0 Å². The van der Waals surface area contributed by atoms with Gasteiger partial charge in [-0.15, -0.1) is 0 Å². The summed E-state index contributed by atoms with van der Waals surface area (Å²) in [4.78, 5) is 27.9. The van der Waals surface area contributed by atoms with E-state index in [1.165, 1.54) is 11.3 Å². The zero-order chi connectivity index (χ0) is 19.1. The molecule has 4 heterocycles. The summed E-state index contributed by atoms with van der Waals surface area (Å²) in [6, 6.07) is 9.37. The van der Waals surface area contributed by atoms with E-state index in [-0.39, 0.29) is 5.91 Å². The van der Waals surface area contributed by atoms with Crippen molar-refractivity contribution >= 4 is 32.6 Å². The lowest BCUT2D eigenvalue weighted by molar-refractivity contribution is 0.0758. The van der Waals surface area contributed by atoms with Gasteiger partial charge in [-0.05, 0) is 30.3 Å². The number of amides is 1. The number of carbonyl (C=O) groups excluding carboxylic acids is 1. The topological polar surface area (TPSA) is 103 Å². The Morgan fingerprint density at radius 1 is 1.14 bits per heavy atom. The van der Waals surface area contributed by atoms with E-state index in [2.05, 4.69) is 20.1 Å². The molecule has 0 unspecified atom stereocenters. The molecule has 0 radical (unpaired) electrons. The summed E-state index contributed by atoms with van der Waals surface area (Å²) in [6.07, 6.45) is 4.14. The van der Waals surface area contributed by atoms with Crippen LogP contribution in [-0.4, -0.2) is 48.6 Å². The van der Waals surface area contributed by atoms with Crippen LogP contribution in [-0.2, 0) is 13.0 Å². The minimum absolute atomic E-state index is 0.00768. The SMILES string of the molecule is Nc1nc2cc(C(=O)N3CCc4nc(-c5cccnc5)nn4CC3)ccc2s1. The lowest BCUT2D eigenvalue weighted by Gasteiger charge is -2.19. The first-order valence-corrected chi connectivity index (χ1v) is 9.78. The van der Waals surface area contributed by atoms with Crippen LogP contribution in [0.5, 0.6) is 0 Å². The van der Waals surface area contributed by atoms with Crippen LogP contribution in [0.25, 0.3) is 21.6 Å². The van der Waals surface area contributed by atoms with Gasteiger partial charge in [0.2, 0.25) is 0 Å². The van der Waals surface area contributed by atoms with Gasteiger partial charge in [0.15, 0.2) is 11.0 Å². The summed E-state index contributed by atoms with van der Waals surface area (Å²) in [7, 11) is 0. The molecule has 140 valence electrons. The van der Waals surface area contributed by atoms with E-state index in [1.54, 1.807) is 12.4 Å². The highest BCUT2D eigenvalue weighted by Gasteiger charge is 2.22. The third-order valence-electron chi connectivity index (χ3n) is 4.79. The number of pyridine rings is 1. The highest BCUT2D eigenvalue weighted by atomic mass is 32.1. The normalized spacial score (nSPS) is 14.1. The number of anilines is 1. The molecule has 3 aromatic heterocycles. The molecule has 1 amide bonds. The third kappa shape index (κ3) is 2.99. The van der Waals surface area contributed by atoms with Gasteiger partial charge < -0.3 is 10.6 Å². The first-order chi connectivity index (χ1) is 13.7. The van der Waals surface area contributed by atoms with Crippen LogP contribution >= 0.6 is 11.3 Å². The van der Waals surface area contributed by atoms with Crippen molar-refractivity contribution in [2.75, 3.05) is 18.8 Å². The number of nitrogens with two attached hydrogens (primary N) is 1. The smallest absolute Gasteiger partial charge is 0.254 e. The molecular weight excluding hydrogens is 374 g/mol. The number of aromatic nitrogens is 5. The third-order valence-corrected chi connectivity index (χ3v) is 5.66. The number of nitrogens with zero attached hydrogens (tertiary/aromatic N) is 6. The number of hydrogen-bond acceptors (Lipinski definition) is 7. The van der Waals surface area contributed by atoms with Crippen LogP contribution < -0.4 is 5.73 Å². The van der Waals surface area contributed by atoms with Gasteiger partial charge in [0.25, 0.3) is 5.91 Å². The second-order valence-corrected chi connectivity index (χ2v) is 7.66. The van der Waals surface area contributed by atoms with Crippen molar-refractivity contribution in [1.29, 1.82) is 0 Å². The van der Waals surface area contributed by atoms with Gasteiger partial charge in [0.1, 0.15) is 5.82 Å². The van der Waals surface area contributed by atoms with Crippen molar-refractivity contribution in [3.63, 3.8) is 0 Å². The van der Waals surface area contributed by atoms with E-state index < -0.39 is 0 Å². The average molecular weight is 391 g/mol. The summed E-state index contributed by atoms with van der Waals surface area (Å²) in [5.41, 5.74) is 8.05. The largest absolute Gasteiger partial charge is 0.375 e. The molecule has 0 saturated heterocycles. The molecule has 5 rings (SSSR count). The molecule has 0 fully saturated rings. The molecule has 0 spiro atoms. The molecule has 1 aliphatic rings. The van der Waals surface area contributed by atoms with Crippen LogP contribution in [0, 0.1) is 0 Å². The quantitative estimate of drug-likeness (QED) is 0.562. The van der Waals surface area contributed by atoms with E-state index in [9.17, 15) is 4.79 Å². The van der Waals surface area contributed by atoms with Crippen LogP contribution in [0.4, 0.5) is 5.13 Å². The van der Waals surface area contributed by atoms with Crippen molar-refractivity contribution in [3.05, 3.63) is 54.1 Å². The summed E-state index contributed by atoms with van der Waals surface area (Å²) >= 11 is 1.42. The maximum atomic E-state index is 13.0. The summed E-state index contributed by atoms with van der Waals surface area (Å²) < 4.78 is 2.87. The predicted molar refractivity (Wildman–Crippen MR) is 107 cm³/mol. The van der Waals surface area contributed by atoms with Crippen molar-refractivity contribution < 1.29 is 4.79 Å². The molecule has 1 aromatic carbocycles. The molecule has 2 N–H and O–H groups in total. The maximum absolute atomic E-state index is 13.0. The molecular formula is C19H17N7OS. The standard InChI is InChI=1S/C19H17N7OS/c20-19-22-14-10-12(3-4-15(14)28-19)18(27)25-7-5-16-23-17(24-26(16)9-8-25)13-2-1-6-21-11-13/h1-4,6,10-11H,5,7-9H2,(H2,20,22). The zero-order valence-electron chi connectivity index (χ0n) is 14.9. The molecule has 1 aliphatic heterocycles. The first kappa shape index (κ1) is 16.8. The number of thiazole rings is 1.